The first kappa shape index (κ1) is 17.9. The zero-order chi connectivity index (χ0) is 19.2. The van der Waals surface area contributed by atoms with Crippen LogP contribution in [-0.2, 0) is 11.3 Å². The van der Waals surface area contributed by atoms with Gasteiger partial charge in [0.2, 0.25) is 5.91 Å². The minimum atomic E-state index is -0.0484. The summed E-state index contributed by atoms with van der Waals surface area (Å²) in [6, 6.07) is 10.9. The van der Waals surface area contributed by atoms with Gasteiger partial charge in [-0.25, -0.2) is 0 Å². The molecule has 1 saturated heterocycles. The van der Waals surface area contributed by atoms with Gasteiger partial charge in [-0.3, -0.25) is 14.8 Å². The fraction of sp³-hybridized carbons (Fsp3) is 0.565. The molecule has 1 aromatic carbocycles. The Morgan fingerprint density at radius 1 is 1.18 bits per heavy atom. The lowest BCUT2D eigenvalue weighted by Crippen LogP contribution is -2.55. The highest BCUT2D eigenvalue weighted by molar-refractivity contribution is 5.85. The lowest BCUT2D eigenvalue weighted by molar-refractivity contribution is -0.128. The van der Waals surface area contributed by atoms with Crippen molar-refractivity contribution in [3.63, 3.8) is 0 Å². The van der Waals surface area contributed by atoms with Crippen LogP contribution >= 0.6 is 0 Å². The number of nitrogens with zero attached hydrogens (tertiary/aromatic N) is 2. The molecule has 0 atom stereocenters. The Kier molecular flexibility index (Phi) is 4.31. The molecule has 3 fully saturated rings. The van der Waals surface area contributed by atoms with Gasteiger partial charge in [-0.1, -0.05) is 37.3 Å². The summed E-state index contributed by atoms with van der Waals surface area (Å²) in [5, 5.41) is 10.8. The number of benzene rings is 1. The molecule has 0 radical (unpaired) electrons. The molecule has 1 spiro atoms. The first-order valence-corrected chi connectivity index (χ1v) is 10.7. The molecule has 2 saturated carbocycles. The van der Waals surface area contributed by atoms with Crippen LogP contribution in [0, 0.1) is 10.8 Å². The minimum Gasteiger partial charge on any atom is -0.353 e. The summed E-state index contributed by atoms with van der Waals surface area (Å²) in [5.74, 6) is 0.290. The topological polar surface area (TPSA) is 61.0 Å². The molecule has 2 N–H and O–H groups in total. The van der Waals surface area contributed by atoms with Crippen molar-refractivity contribution in [2.75, 3.05) is 13.1 Å². The maximum Gasteiger partial charge on any atom is 0.226 e. The second-order valence-electron chi connectivity index (χ2n) is 9.55. The Morgan fingerprint density at radius 2 is 1.89 bits per heavy atom. The van der Waals surface area contributed by atoms with Crippen molar-refractivity contribution in [1.82, 2.24) is 20.4 Å². The number of H-pyrrole nitrogens is 1. The van der Waals surface area contributed by atoms with Gasteiger partial charge in [0.15, 0.2) is 0 Å². The summed E-state index contributed by atoms with van der Waals surface area (Å²) < 4.78 is 0. The van der Waals surface area contributed by atoms with E-state index in [1.54, 1.807) is 0 Å². The number of hydrogen-bond acceptors (Lipinski definition) is 3. The quantitative estimate of drug-likeness (QED) is 0.833. The van der Waals surface area contributed by atoms with E-state index in [-0.39, 0.29) is 11.3 Å². The number of carbonyl (C=O) groups is 1. The molecular weight excluding hydrogens is 348 g/mol. The summed E-state index contributed by atoms with van der Waals surface area (Å²) in [5.41, 5.74) is 4.04. The van der Waals surface area contributed by atoms with Gasteiger partial charge < -0.3 is 5.32 Å². The number of likely N-dealkylation sites (tertiary alicyclic amines) is 1. The highest BCUT2D eigenvalue weighted by atomic mass is 16.2. The first-order chi connectivity index (χ1) is 13.6. The molecule has 1 amide bonds. The molecule has 2 heterocycles. The third-order valence-electron chi connectivity index (χ3n) is 7.33. The number of aromatic nitrogens is 2. The van der Waals surface area contributed by atoms with Crippen LogP contribution in [0.2, 0.25) is 0 Å². The van der Waals surface area contributed by atoms with Gasteiger partial charge in [0.25, 0.3) is 0 Å². The van der Waals surface area contributed by atoms with Crippen molar-refractivity contribution >= 4 is 5.91 Å². The van der Waals surface area contributed by atoms with Crippen LogP contribution in [0.3, 0.4) is 0 Å². The monoisotopic (exact) mass is 378 g/mol. The predicted molar refractivity (Wildman–Crippen MR) is 109 cm³/mol. The highest BCUT2D eigenvalue weighted by Gasteiger charge is 2.50. The van der Waals surface area contributed by atoms with Gasteiger partial charge in [0.05, 0.1) is 11.9 Å². The van der Waals surface area contributed by atoms with Crippen LogP contribution in [-0.4, -0.2) is 40.1 Å². The normalized spacial score (nSPS) is 23.3. The fourth-order valence-corrected chi connectivity index (χ4v) is 4.98. The average Bonchev–Trinajstić information content (AvgIpc) is 3.28. The molecule has 1 aromatic heterocycles. The molecule has 5 heteroatoms. The molecule has 28 heavy (non-hydrogen) atoms. The van der Waals surface area contributed by atoms with E-state index in [2.05, 4.69) is 51.6 Å². The van der Waals surface area contributed by atoms with E-state index in [1.165, 1.54) is 36.8 Å². The SMILES string of the molecule is CC1(C(=O)NC2CC3(CCN(Cc4cn[nH]c4-c4ccccc4)CC3)C2)CC1. The Labute approximate surface area is 166 Å². The standard InChI is InChI=1S/C23H30N4O/c1-22(7-8-22)21(28)25-19-13-23(14-19)9-11-27(12-10-23)16-18-15-24-26-20(18)17-5-3-2-4-6-17/h2-6,15,19H,7-14,16H2,1H3,(H,24,26)(H,25,28). The van der Waals surface area contributed by atoms with Crippen molar-refractivity contribution < 1.29 is 4.79 Å². The molecule has 3 aliphatic rings. The van der Waals surface area contributed by atoms with Gasteiger partial charge >= 0.3 is 0 Å². The van der Waals surface area contributed by atoms with Gasteiger partial charge in [0, 0.05) is 23.6 Å². The Hall–Kier alpha value is -2.14. The van der Waals surface area contributed by atoms with E-state index in [9.17, 15) is 4.79 Å². The van der Waals surface area contributed by atoms with E-state index >= 15 is 0 Å². The Morgan fingerprint density at radius 3 is 2.57 bits per heavy atom. The Bertz CT molecular complexity index is 838. The molecule has 0 bridgehead atoms. The lowest BCUT2D eigenvalue weighted by Gasteiger charge is -2.52. The van der Waals surface area contributed by atoms with Crippen LogP contribution in [0.15, 0.2) is 36.5 Å². The second-order valence-corrected chi connectivity index (χ2v) is 9.55. The van der Waals surface area contributed by atoms with E-state index in [0.717, 1.165) is 38.2 Å². The van der Waals surface area contributed by atoms with Crippen LogP contribution in [0.1, 0.15) is 51.0 Å². The van der Waals surface area contributed by atoms with E-state index in [4.69, 9.17) is 0 Å². The average molecular weight is 379 g/mol. The zero-order valence-electron chi connectivity index (χ0n) is 16.7. The molecular formula is C23H30N4O. The Balaban J connectivity index is 1.13. The van der Waals surface area contributed by atoms with E-state index in [1.807, 2.05) is 12.3 Å². The van der Waals surface area contributed by atoms with E-state index in [0.29, 0.717) is 11.5 Å². The summed E-state index contributed by atoms with van der Waals surface area (Å²) in [4.78, 5) is 14.8. The summed E-state index contributed by atoms with van der Waals surface area (Å²) >= 11 is 0. The molecule has 5 nitrogen and oxygen atoms in total. The van der Waals surface area contributed by atoms with Crippen LogP contribution < -0.4 is 5.32 Å². The molecule has 2 aliphatic carbocycles. The highest BCUT2D eigenvalue weighted by Crippen LogP contribution is 2.51. The largest absolute Gasteiger partial charge is 0.353 e. The maximum atomic E-state index is 12.3. The summed E-state index contributed by atoms with van der Waals surface area (Å²) in [6.07, 6.45) is 8.92. The summed E-state index contributed by atoms with van der Waals surface area (Å²) in [7, 11) is 0. The number of piperidine rings is 1. The minimum absolute atomic E-state index is 0.0484. The van der Waals surface area contributed by atoms with Crippen molar-refractivity contribution in [1.29, 1.82) is 0 Å². The number of amides is 1. The van der Waals surface area contributed by atoms with Crippen LogP contribution in [0.25, 0.3) is 11.3 Å². The fourth-order valence-electron chi connectivity index (χ4n) is 4.98. The smallest absolute Gasteiger partial charge is 0.226 e. The number of aromatic amines is 1. The maximum absolute atomic E-state index is 12.3. The molecule has 1 aliphatic heterocycles. The second kappa shape index (κ2) is 6.73. The van der Waals surface area contributed by atoms with Crippen molar-refractivity contribution in [2.45, 2.75) is 58.0 Å². The van der Waals surface area contributed by atoms with Crippen molar-refractivity contribution in [2.24, 2.45) is 10.8 Å². The van der Waals surface area contributed by atoms with E-state index < -0.39 is 0 Å². The molecule has 0 unspecified atom stereocenters. The van der Waals surface area contributed by atoms with Crippen LogP contribution in [0.4, 0.5) is 0 Å². The predicted octanol–water partition coefficient (Wildman–Crippen LogP) is 3.74. The number of rotatable bonds is 5. The number of nitrogens with one attached hydrogen (secondary N) is 2. The third-order valence-corrected chi connectivity index (χ3v) is 7.33. The van der Waals surface area contributed by atoms with Gasteiger partial charge in [0.1, 0.15) is 0 Å². The molecule has 5 rings (SSSR count). The third kappa shape index (κ3) is 3.37. The zero-order valence-corrected chi connectivity index (χ0v) is 16.7. The molecule has 2 aromatic rings. The van der Waals surface area contributed by atoms with Crippen LogP contribution in [0.5, 0.6) is 0 Å². The van der Waals surface area contributed by atoms with Gasteiger partial charge in [-0.15, -0.1) is 0 Å². The van der Waals surface area contributed by atoms with Gasteiger partial charge in [-0.2, -0.15) is 5.10 Å². The summed E-state index contributed by atoms with van der Waals surface area (Å²) in [6.45, 7) is 5.32. The van der Waals surface area contributed by atoms with Gasteiger partial charge in [-0.05, 0) is 62.6 Å². The van der Waals surface area contributed by atoms with Crippen molar-refractivity contribution in [3.8, 4) is 11.3 Å². The lowest BCUT2D eigenvalue weighted by atomic mass is 9.60. The first-order valence-electron chi connectivity index (χ1n) is 10.7. The number of carbonyl (C=O) groups excluding carboxylic acids is 1. The number of hydrogen-bond donors (Lipinski definition) is 2. The molecule has 148 valence electrons. The van der Waals surface area contributed by atoms with Crippen molar-refractivity contribution in [3.05, 3.63) is 42.1 Å².